The van der Waals surface area contributed by atoms with Crippen LogP contribution in [0.15, 0.2) is 42.6 Å². The standard InChI is InChI=1S/C21H24FNO3S2/c1-14-11-16(22)8-9-17(14)18(7-4-10-28(24,25)26)20-12-23-21-15(13-27-2)5-3-6-19(20)21/h3,5-6,8-9,11-12,18,23H,4,7,10,13H2,1-2H3,(H,24,25,26). The van der Waals surface area contributed by atoms with E-state index < -0.39 is 10.1 Å². The van der Waals surface area contributed by atoms with Gasteiger partial charge in [-0.05, 0) is 60.4 Å². The molecule has 0 spiro atoms. The highest BCUT2D eigenvalue weighted by molar-refractivity contribution is 7.97. The van der Waals surface area contributed by atoms with Crippen LogP contribution in [0.3, 0.4) is 0 Å². The molecule has 0 aliphatic carbocycles. The van der Waals surface area contributed by atoms with E-state index in [0.29, 0.717) is 12.8 Å². The Morgan fingerprint density at radius 2 is 2.00 bits per heavy atom. The number of hydrogen-bond donors (Lipinski definition) is 2. The smallest absolute Gasteiger partial charge is 0.264 e. The number of nitrogens with one attached hydrogen (secondary N) is 1. The normalized spacial score (nSPS) is 13.1. The SMILES string of the molecule is CSCc1cccc2c(C(CCCS(=O)(=O)O)c3ccc(F)cc3C)c[nH]c12. The molecule has 0 aliphatic rings. The first-order valence-corrected chi connectivity index (χ1v) is 12.1. The van der Waals surface area contributed by atoms with E-state index in [0.717, 1.165) is 33.3 Å². The molecule has 2 N–H and O–H groups in total. The van der Waals surface area contributed by atoms with Gasteiger partial charge in [-0.2, -0.15) is 20.2 Å². The van der Waals surface area contributed by atoms with E-state index in [9.17, 15) is 12.8 Å². The van der Waals surface area contributed by atoms with Crippen molar-refractivity contribution in [1.29, 1.82) is 0 Å². The van der Waals surface area contributed by atoms with Gasteiger partial charge in [0.25, 0.3) is 10.1 Å². The molecular formula is C21H24FNO3S2. The van der Waals surface area contributed by atoms with Crippen LogP contribution >= 0.6 is 11.8 Å². The monoisotopic (exact) mass is 421 g/mol. The first-order chi connectivity index (χ1) is 13.3. The summed E-state index contributed by atoms with van der Waals surface area (Å²) < 4.78 is 45.1. The third kappa shape index (κ3) is 4.77. The molecule has 0 saturated heterocycles. The molecule has 1 heterocycles. The zero-order valence-corrected chi connectivity index (χ0v) is 17.5. The second kappa shape index (κ2) is 8.68. The Labute approximate surface area is 169 Å². The van der Waals surface area contributed by atoms with Crippen molar-refractivity contribution in [1.82, 2.24) is 4.98 Å². The molecule has 3 aromatic rings. The quantitative estimate of drug-likeness (QED) is 0.486. The van der Waals surface area contributed by atoms with E-state index >= 15 is 0 Å². The molecule has 0 aliphatic heterocycles. The average Bonchev–Trinajstić information content (AvgIpc) is 3.04. The zero-order chi connectivity index (χ0) is 20.3. The topological polar surface area (TPSA) is 70.2 Å². The van der Waals surface area contributed by atoms with Crippen LogP contribution in [0.5, 0.6) is 0 Å². The van der Waals surface area contributed by atoms with Crippen LogP contribution in [0, 0.1) is 12.7 Å². The molecule has 28 heavy (non-hydrogen) atoms. The van der Waals surface area contributed by atoms with Gasteiger partial charge in [-0.3, -0.25) is 4.55 Å². The number of benzene rings is 2. The molecule has 1 atom stereocenters. The van der Waals surface area contributed by atoms with Gasteiger partial charge in [0.2, 0.25) is 0 Å². The molecule has 1 unspecified atom stereocenters. The van der Waals surface area contributed by atoms with Gasteiger partial charge in [-0.15, -0.1) is 0 Å². The van der Waals surface area contributed by atoms with E-state index in [-0.39, 0.29) is 17.5 Å². The lowest BCUT2D eigenvalue weighted by Crippen LogP contribution is -2.08. The molecule has 0 radical (unpaired) electrons. The molecule has 150 valence electrons. The Balaban J connectivity index is 2.06. The average molecular weight is 422 g/mol. The van der Waals surface area contributed by atoms with Crippen molar-refractivity contribution >= 4 is 32.8 Å². The van der Waals surface area contributed by atoms with Crippen molar-refractivity contribution in [2.24, 2.45) is 0 Å². The molecule has 4 nitrogen and oxygen atoms in total. The Kier molecular flexibility index (Phi) is 6.47. The number of aromatic amines is 1. The van der Waals surface area contributed by atoms with Gasteiger partial charge in [-0.1, -0.05) is 24.3 Å². The van der Waals surface area contributed by atoms with Crippen LogP contribution in [0.2, 0.25) is 0 Å². The third-order valence-corrected chi connectivity index (χ3v) is 6.42. The van der Waals surface area contributed by atoms with Crippen LogP contribution in [0.25, 0.3) is 10.9 Å². The van der Waals surface area contributed by atoms with Crippen molar-refractivity contribution < 1.29 is 17.4 Å². The van der Waals surface area contributed by atoms with Crippen molar-refractivity contribution in [2.45, 2.75) is 31.4 Å². The van der Waals surface area contributed by atoms with E-state index in [1.165, 1.54) is 17.7 Å². The number of halogens is 1. The number of aromatic nitrogens is 1. The van der Waals surface area contributed by atoms with Crippen molar-refractivity contribution in [3.05, 3.63) is 70.7 Å². The Morgan fingerprint density at radius 3 is 2.68 bits per heavy atom. The number of thioether (sulfide) groups is 1. The summed E-state index contributed by atoms with van der Waals surface area (Å²) in [4.78, 5) is 3.37. The highest BCUT2D eigenvalue weighted by Gasteiger charge is 2.21. The lowest BCUT2D eigenvalue weighted by Gasteiger charge is -2.19. The maximum Gasteiger partial charge on any atom is 0.264 e. The molecule has 7 heteroatoms. The second-order valence-corrected chi connectivity index (χ2v) is 9.44. The largest absolute Gasteiger partial charge is 0.361 e. The lowest BCUT2D eigenvalue weighted by molar-refractivity contribution is 0.479. The Hall–Kier alpha value is -1.83. The summed E-state index contributed by atoms with van der Waals surface area (Å²) in [6.07, 6.45) is 4.88. The number of hydrogen-bond acceptors (Lipinski definition) is 3. The van der Waals surface area contributed by atoms with Crippen LogP contribution in [0.1, 0.15) is 41.0 Å². The molecule has 3 rings (SSSR count). The first kappa shape index (κ1) is 20.9. The summed E-state index contributed by atoms with van der Waals surface area (Å²) in [5.74, 6) is 0.212. The number of para-hydroxylation sites is 1. The summed E-state index contributed by atoms with van der Waals surface area (Å²) in [7, 11) is -4.01. The molecule has 0 amide bonds. The molecule has 1 aromatic heterocycles. The highest BCUT2D eigenvalue weighted by Crippen LogP contribution is 2.37. The fourth-order valence-corrected chi connectivity index (χ4v) is 4.86. The summed E-state index contributed by atoms with van der Waals surface area (Å²) in [5, 5.41) is 1.09. The van der Waals surface area contributed by atoms with Crippen molar-refractivity contribution in [2.75, 3.05) is 12.0 Å². The van der Waals surface area contributed by atoms with Crippen LogP contribution in [0.4, 0.5) is 4.39 Å². The fourth-order valence-electron chi connectivity index (χ4n) is 3.78. The lowest BCUT2D eigenvalue weighted by atomic mass is 9.85. The van der Waals surface area contributed by atoms with Gasteiger partial charge in [0.1, 0.15) is 5.82 Å². The summed E-state index contributed by atoms with van der Waals surface area (Å²) in [6.45, 7) is 1.86. The number of rotatable bonds is 8. The van der Waals surface area contributed by atoms with E-state index in [4.69, 9.17) is 4.55 Å². The summed E-state index contributed by atoms with van der Waals surface area (Å²) in [6, 6.07) is 10.9. The van der Waals surface area contributed by atoms with Gasteiger partial charge in [0.15, 0.2) is 0 Å². The summed E-state index contributed by atoms with van der Waals surface area (Å²) >= 11 is 1.75. The van der Waals surface area contributed by atoms with Crippen LogP contribution < -0.4 is 0 Å². The predicted molar refractivity (Wildman–Crippen MR) is 114 cm³/mol. The van der Waals surface area contributed by atoms with Gasteiger partial charge in [-0.25, -0.2) is 4.39 Å². The van der Waals surface area contributed by atoms with Crippen molar-refractivity contribution in [3.63, 3.8) is 0 Å². The molecule has 0 fully saturated rings. The molecule has 2 aromatic carbocycles. The van der Waals surface area contributed by atoms with Gasteiger partial charge >= 0.3 is 0 Å². The maximum absolute atomic E-state index is 13.6. The molecule has 0 bridgehead atoms. The number of aryl methyl sites for hydroxylation is 1. The minimum atomic E-state index is -4.01. The minimum absolute atomic E-state index is 0.0966. The van der Waals surface area contributed by atoms with Gasteiger partial charge < -0.3 is 4.98 Å². The predicted octanol–water partition coefficient (Wildman–Crippen LogP) is 5.28. The highest BCUT2D eigenvalue weighted by atomic mass is 32.2. The van der Waals surface area contributed by atoms with E-state index in [2.05, 4.69) is 23.4 Å². The first-order valence-electron chi connectivity index (χ1n) is 9.09. The number of H-pyrrole nitrogens is 1. The second-order valence-electron chi connectivity index (χ2n) is 7.00. The van der Waals surface area contributed by atoms with Crippen molar-refractivity contribution in [3.8, 4) is 0 Å². The van der Waals surface area contributed by atoms with Crippen LogP contribution in [-0.4, -0.2) is 30.0 Å². The maximum atomic E-state index is 13.6. The minimum Gasteiger partial charge on any atom is -0.361 e. The van der Waals surface area contributed by atoms with Crippen LogP contribution in [-0.2, 0) is 15.9 Å². The number of fused-ring (bicyclic) bond motifs is 1. The fraction of sp³-hybridized carbons (Fsp3) is 0.333. The van der Waals surface area contributed by atoms with E-state index in [1.807, 2.05) is 19.2 Å². The molecule has 0 saturated carbocycles. The Morgan fingerprint density at radius 1 is 1.21 bits per heavy atom. The molecular weight excluding hydrogens is 397 g/mol. The summed E-state index contributed by atoms with van der Waals surface area (Å²) in [5.41, 5.74) is 5.14. The van der Waals surface area contributed by atoms with Gasteiger partial charge in [0, 0.05) is 28.8 Å². The van der Waals surface area contributed by atoms with E-state index in [1.54, 1.807) is 17.8 Å². The third-order valence-electron chi connectivity index (χ3n) is 5.01. The van der Waals surface area contributed by atoms with Gasteiger partial charge in [0.05, 0.1) is 5.75 Å². The zero-order valence-electron chi connectivity index (χ0n) is 15.9. The Bertz CT molecular complexity index is 1080.